The fourth-order valence-electron chi connectivity index (χ4n) is 1.01. The van der Waals surface area contributed by atoms with Gasteiger partial charge in [0.05, 0.1) is 0 Å². The van der Waals surface area contributed by atoms with Gasteiger partial charge in [0, 0.05) is 19.0 Å². The molecule has 1 unspecified atom stereocenters. The quantitative estimate of drug-likeness (QED) is 0.591. The Morgan fingerprint density at radius 1 is 1.38 bits per heavy atom. The Morgan fingerprint density at radius 3 is 2.62 bits per heavy atom. The molecule has 3 nitrogen and oxygen atoms in total. The Labute approximate surface area is 81.1 Å². The normalized spacial score (nSPS) is 12.5. The molecule has 0 aliphatic heterocycles. The third kappa shape index (κ3) is 7.78. The second-order valence-electron chi connectivity index (χ2n) is 3.43. The first kappa shape index (κ1) is 12.4. The first-order valence-electron chi connectivity index (χ1n) is 5.23. The Bertz CT molecular complexity index is 137. The molecule has 1 amide bonds. The highest BCUT2D eigenvalue weighted by Crippen LogP contribution is 1.98. The zero-order valence-corrected chi connectivity index (χ0v) is 8.81. The van der Waals surface area contributed by atoms with Crippen LogP contribution in [0.1, 0.15) is 46.0 Å². The summed E-state index contributed by atoms with van der Waals surface area (Å²) in [7, 11) is 0. The third-order valence-electron chi connectivity index (χ3n) is 2.09. The van der Waals surface area contributed by atoms with Gasteiger partial charge in [-0.3, -0.25) is 4.79 Å². The molecule has 0 bridgehead atoms. The highest BCUT2D eigenvalue weighted by atomic mass is 16.1. The van der Waals surface area contributed by atoms with E-state index in [-0.39, 0.29) is 11.9 Å². The van der Waals surface area contributed by atoms with Crippen molar-refractivity contribution in [2.45, 2.75) is 52.0 Å². The van der Waals surface area contributed by atoms with Gasteiger partial charge < -0.3 is 11.1 Å². The summed E-state index contributed by atoms with van der Waals surface area (Å²) in [5.74, 6) is 0.136. The number of unbranched alkanes of at least 4 members (excludes halogenated alkanes) is 2. The molecule has 0 spiro atoms. The van der Waals surface area contributed by atoms with Crippen molar-refractivity contribution >= 4 is 5.91 Å². The average molecular weight is 186 g/mol. The maximum atomic E-state index is 11.2. The molecule has 0 aromatic carbocycles. The van der Waals surface area contributed by atoms with Gasteiger partial charge in [-0.1, -0.05) is 26.7 Å². The van der Waals surface area contributed by atoms with Crippen LogP contribution in [0.3, 0.4) is 0 Å². The van der Waals surface area contributed by atoms with Crippen LogP contribution in [0.15, 0.2) is 0 Å². The van der Waals surface area contributed by atoms with Crippen molar-refractivity contribution in [3.05, 3.63) is 0 Å². The predicted octanol–water partition coefficient (Wildman–Crippen LogP) is 1.42. The molecule has 3 heteroatoms. The number of hydrogen-bond acceptors (Lipinski definition) is 2. The van der Waals surface area contributed by atoms with Crippen LogP contribution in [0.25, 0.3) is 0 Å². The number of hydrogen-bond donors (Lipinski definition) is 2. The number of carbonyl (C=O) groups is 1. The van der Waals surface area contributed by atoms with Crippen LogP contribution in [0.4, 0.5) is 0 Å². The minimum atomic E-state index is 0.107. The predicted molar refractivity (Wildman–Crippen MR) is 55.4 cm³/mol. The topological polar surface area (TPSA) is 55.1 Å². The molecular weight excluding hydrogens is 164 g/mol. The average Bonchev–Trinajstić information content (AvgIpc) is 2.14. The highest BCUT2D eigenvalue weighted by molar-refractivity contribution is 5.75. The fraction of sp³-hybridized carbons (Fsp3) is 0.900. The van der Waals surface area contributed by atoms with Crippen molar-refractivity contribution in [3.8, 4) is 0 Å². The largest absolute Gasteiger partial charge is 0.355 e. The van der Waals surface area contributed by atoms with Crippen LogP contribution in [0, 0.1) is 0 Å². The molecule has 0 heterocycles. The van der Waals surface area contributed by atoms with E-state index in [2.05, 4.69) is 12.2 Å². The molecule has 3 N–H and O–H groups in total. The third-order valence-corrected chi connectivity index (χ3v) is 2.09. The lowest BCUT2D eigenvalue weighted by atomic mass is 10.2. The van der Waals surface area contributed by atoms with Crippen molar-refractivity contribution in [1.29, 1.82) is 0 Å². The molecule has 0 aromatic rings. The van der Waals surface area contributed by atoms with Crippen molar-refractivity contribution in [2.24, 2.45) is 5.73 Å². The van der Waals surface area contributed by atoms with Gasteiger partial charge in [0.25, 0.3) is 0 Å². The van der Waals surface area contributed by atoms with Gasteiger partial charge in [0.15, 0.2) is 0 Å². The summed E-state index contributed by atoms with van der Waals surface area (Å²) in [6.07, 6.45) is 4.83. The van der Waals surface area contributed by atoms with E-state index < -0.39 is 0 Å². The minimum Gasteiger partial charge on any atom is -0.355 e. The lowest BCUT2D eigenvalue weighted by Gasteiger charge is -2.09. The zero-order valence-electron chi connectivity index (χ0n) is 8.81. The van der Waals surface area contributed by atoms with Gasteiger partial charge in [-0.2, -0.15) is 0 Å². The van der Waals surface area contributed by atoms with Gasteiger partial charge in [0.1, 0.15) is 0 Å². The Hall–Kier alpha value is -0.570. The molecule has 0 aliphatic rings. The van der Waals surface area contributed by atoms with Crippen LogP contribution in [-0.4, -0.2) is 18.5 Å². The van der Waals surface area contributed by atoms with E-state index in [1.165, 1.54) is 0 Å². The van der Waals surface area contributed by atoms with E-state index in [1.54, 1.807) is 0 Å². The molecule has 0 aliphatic carbocycles. The number of amides is 1. The summed E-state index contributed by atoms with van der Waals surface area (Å²) in [5, 5.41) is 2.83. The van der Waals surface area contributed by atoms with Crippen LogP contribution < -0.4 is 11.1 Å². The second-order valence-corrected chi connectivity index (χ2v) is 3.43. The van der Waals surface area contributed by atoms with Gasteiger partial charge in [-0.15, -0.1) is 0 Å². The van der Waals surface area contributed by atoms with Gasteiger partial charge >= 0.3 is 0 Å². The van der Waals surface area contributed by atoms with Crippen LogP contribution in [0.2, 0.25) is 0 Å². The first-order chi connectivity index (χ1) is 6.20. The van der Waals surface area contributed by atoms with Crippen molar-refractivity contribution < 1.29 is 4.79 Å². The van der Waals surface area contributed by atoms with Crippen molar-refractivity contribution in [2.75, 3.05) is 6.54 Å². The number of nitrogens with two attached hydrogens (primary N) is 1. The fourth-order valence-corrected chi connectivity index (χ4v) is 1.01. The van der Waals surface area contributed by atoms with E-state index >= 15 is 0 Å². The molecule has 78 valence electrons. The Balaban J connectivity index is 3.30. The molecule has 0 saturated heterocycles. The first-order valence-corrected chi connectivity index (χ1v) is 5.23. The summed E-state index contributed by atoms with van der Waals surface area (Å²) in [5.41, 5.74) is 5.66. The second kappa shape index (κ2) is 8.05. The summed E-state index contributed by atoms with van der Waals surface area (Å²) >= 11 is 0. The highest BCUT2D eigenvalue weighted by Gasteiger charge is 2.02. The number of rotatable bonds is 7. The molecule has 1 atom stereocenters. The summed E-state index contributed by atoms with van der Waals surface area (Å²) in [6.45, 7) is 4.76. The van der Waals surface area contributed by atoms with E-state index in [4.69, 9.17) is 5.73 Å². The molecule has 0 saturated carbocycles. The molecule has 0 radical (unpaired) electrons. The Morgan fingerprint density at radius 2 is 2.08 bits per heavy atom. The summed E-state index contributed by atoms with van der Waals surface area (Å²) in [4.78, 5) is 11.2. The molecule has 0 aromatic heterocycles. The molecule has 13 heavy (non-hydrogen) atoms. The van der Waals surface area contributed by atoms with Crippen molar-refractivity contribution in [1.82, 2.24) is 5.32 Å². The zero-order chi connectivity index (χ0) is 10.1. The molecule has 0 rings (SSSR count). The van der Waals surface area contributed by atoms with E-state index in [1.807, 2.05) is 6.92 Å². The van der Waals surface area contributed by atoms with E-state index in [0.29, 0.717) is 13.0 Å². The number of carbonyl (C=O) groups excluding carboxylic acids is 1. The standard InChI is InChI=1S/C10H22N2O/c1-3-5-6-7-10(13)12-8-9(11)4-2/h9H,3-8,11H2,1-2H3,(H,12,13). The molecule has 0 fully saturated rings. The van der Waals surface area contributed by atoms with Crippen LogP contribution in [0.5, 0.6) is 0 Å². The minimum absolute atomic E-state index is 0.107. The summed E-state index contributed by atoms with van der Waals surface area (Å²) in [6, 6.07) is 0.107. The van der Waals surface area contributed by atoms with Gasteiger partial charge in [-0.25, -0.2) is 0 Å². The monoisotopic (exact) mass is 186 g/mol. The van der Waals surface area contributed by atoms with Crippen LogP contribution in [-0.2, 0) is 4.79 Å². The molecular formula is C10H22N2O. The van der Waals surface area contributed by atoms with Gasteiger partial charge in [-0.05, 0) is 12.8 Å². The Kier molecular flexibility index (Phi) is 7.69. The maximum absolute atomic E-state index is 11.2. The van der Waals surface area contributed by atoms with Crippen LogP contribution >= 0.6 is 0 Å². The smallest absolute Gasteiger partial charge is 0.220 e. The lowest BCUT2D eigenvalue weighted by Crippen LogP contribution is -2.36. The SMILES string of the molecule is CCCCCC(=O)NCC(N)CC. The lowest BCUT2D eigenvalue weighted by molar-refractivity contribution is -0.121. The van der Waals surface area contributed by atoms with E-state index in [9.17, 15) is 4.79 Å². The van der Waals surface area contributed by atoms with Crippen molar-refractivity contribution in [3.63, 3.8) is 0 Å². The summed E-state index contributed by atoms with van der Waals surface area (Å²) < 4.78 is 0. The number of nitrogens with one attached hydrogen (secondary N) is 1. The maximum Gasteiger partial charge on any atom is 0.220 e. The van der Waals surface area contributed by atoms with Gasteiger partial charge in [0.2, 0.25) is 5.91 Å². The van der Waals surface area contributed by atoms with E-state index in [0.717, 1.165) is 25.7 Å².